The predicted molar refractivity (Wildman–Crippen MR) is 139 cm³/mol. The van der Waals surface area contributed by atoms with E-state index in [1.165, 1.54) is 49.6 Å². The maximum atomic E-state index is 13.9. The van der Waals surface area contributed by atoms with Crippen molar-refractivity contribution < 1.29 is 49.5 Å². The Kier molecular flexibility index (Phi) is 6.59. The van der Waals surface area contributed by atoms with Crippen LogP contribution >= 0.6 is 0 Å². The Bertz CT molecular complexity index is 1580. The van der Waals surface area contributed by atoms with Crippen molar-refractivity contribution in [3.8, 4) is 5.75 Å². The summed E-state index contributed by atoms with van der Waals surface area (Å²) in [4.78, 5) is 53.2. The molecule has 1 heterocycles. The topological polar surface area (TPSA) is 215 Å². The molecule has 2 aromatic rings. The van der Waals surface area contributed by atoms with Crippen LogP contribution in [0.3, 0.4) is 0 Å². The van der Waals surface area contributed by atoms with Crippen LogP contribution in [0.5, 0.6) is 5.75 Å². The number of primary amides is 1. The van der Waals surface area contributed by atoms with Crippen LogP contribution in [0.1, 0.15) is 33.5 Å². The van der Waals surface area contributed by atoms with Crippen LogP contribution in [0, 0.1) is 11.8 Å². The standard InChI is InChI=1S/C28H28N4O9/c1-31(2)21-16-10-14-9-15-13(11-30-27(39)12-5-7-32(41)8-6-12)3-4-17(33)19(15)22(34)18(14)24(36)28(16,40)25(37)20(23(21)35)26(29)38/h3-8,14,16,21,40H,9-11H2,1-2H3,(H6-,29,30,33,34,35,36,37,38,39,41)/p+1/t14-,16-,21+,28-/m0/s1. The number of likely N-dealkylation sites (N-methyl/N-ethyl adjacent to an activating group) is 1. The molecule has 2 amide bonds. The summed E-state index contributed by atoms with van der Waals surface area (Å²) in [7, 11) is 3.05. The van der Waals surface area contributed by atoms with E-state index in [-0.39, 0.29) is 41.8 Å². The van der Waals surface area contributed by atoms with Gasteiger partial charge in [-0.25, -0.2) is 0 Å². The number of Topliss-reactive ketones (excluding diaryl/α,β-unsaturated/α-hetero) is 2. The van der Waals surface area contributed by atoms with Crippen LogP contribution in [0.4, 0.5) is 0 Å². The van der Waals surface area contributed by atoms with Crippen molar-refractivity contribution in [2.24, 2.45) is 17.6 Å². The first-order valence-corrected chi connectivity index (χ1v) is 12.8. The first kappa shape index (κ1) is 27.8. The number of hydrogen-bond donors (Lipinski definition) is 7. The normalized spacial score (nSPS) is 25.5. The Morgan fingerprint density at radius 2 is 1.78 bits per heavy atom. The summed E-state index contributed by atoms with van der Waals surface area (Å²) in [6.07, 6.45) is 2.64. The number of carbonyl (C=O) groups is 4. The number of phenols is 1. The molecule has 41 heavy (non-hydrogen) atoms. The highest BCUT2D eigenvalue weighted by molar-refractivity contribution is 6.24. The number of aliphatic hydroxyl groups excluding tert-OH is 2. The van der Waals surface area contributed by atoms with Gasteiger partial charge in [0.2, 0.25) is 18.2 Å². The molecule has 3 aliphatic rings. The highest BCUT2D eigenvalue weighted by atomic mass is 16.5. The number of pyridine rings is 1. The molecule has 5 rings (SSSR count). The number of aromatic nitrogens is 1. The number of benzene rings is 1. The molecule has 13 heteroatoms. The number of nitrogens with two attached hydrogens (primary N) is 1. The Morgan fingerprint density at radius 1 is 1.12 bits per heavy atom. The Balaban J connectivity index is 1.57. The van der Waals surface area contributed by atoms with E-state index in [1.807, 2.05) is 0 Å². The number of carbonyl (C=O) groups excluding carboxylic acids is 4. The van der Waals surface area contributed by atoms with Crippen molar-refractivity contribution in [1.82, 2.24) is 10.2 Å². The van der Waals surface area contributed by atoms with Crippen LogP contribution in [0.25, 0.3) is 5.76 Å². The zero-order chi connectivity index (χ0) is 30.0. The van der Waals surface area contributed by atoms with E-state index in [2.05, 4.69) is 5.32 Å². The van der Waals surface area contributed by atoms with Crippen molar-refractivity contribution in [2.45, 2.75) is 31.0 Å². The molecule has 1 aromatic heterocycles. The van der Waals surface area contributed by atoms with Crippen LogP contribution in [0.2, 0.25) is 0 Å². The van der Waals surface area contributed by atoms with Crippen LogP contribution in [0.15, 0.2) is 53.6 Å². The fourth-order valence-electron chi connectivity index (χ4n) is 6.32. The molecule has 0 unspecified atom stereocenters. The molecule has 0 saturated heterocycles. The van der Waals surface area contributed by atoms with Gasteiger partial charge in [0.1, 0.15) is 22.8 Å². The minimum atomic E-state index is -2.71. The van der Waals surface area contributed by atoms with Crippen LogP contribution < -0.4 is 15.8 Å². The highest BCUT2D eigenvalue weighted by Crippen LogP contribution is 2.52. The molecule has 0 spiro atoms. The molecule has 214 valence electrons. The van der Waals surface area contributed by atoms with E-state index in [0.717, 1.165) is 4.73 Å². The van der Waals surface area contributed by atoms with Crippen molar-refractivity contribution >= 4 is 29.1 Å². The van der Waals surface area contributed by atoms with Gasteiger partial charge >= 0.3 is 0 Å². The highest BCUT2D eigenvalue weighted by Gasteiger charge is 2.64. The van der Waals surface area contributed by atoms with Gasteiger partial charge in [0.05, 0.1) is 17.2 Å². The number of hydrogen-bond acceptors (Lipinski definition) is 10. The minimum Gasteiger partial charge on any atom is -0.508 e. The fourth-order valence-corrected chi connectivity index (χ4v) is 6.32. The van der Waals surface area contributed by atoms with E-state index in [1.54, 1.807) is 6.07 Å². The maximum Gasteiger partial charge on any atom is 0.255 e. The zero-order valence-corrected chi connectivity index (χ0v) is 22.2. The minimum absolute atomic E-state index is 0.00355. The maximum absolute atomic E-state index is 13.9. The average Bonchev–Trinajstić information content (AvgIpc) is 2.90. The Hall–Kier alpha value is -4.75. The molecule has 1 aromatic carbocycles. The third kappa shape index (κ3) is 4.12. The number of phenolic OH excluding ortho intramolecular Hbond substituents is 1. The summed E-state index contributed by atoms with van der Waals surface area (Å²) < 4.78 is 0.789. The number of nitrogens with zero attached hydrogens (tertiary/aromatic N) is 2. The lowest BCUT2D eigenvalue weighted by atomic mass is 9.57. The van der Waals surface area contributed by atoms with E-state index in [9.17, 15) is 44.8 Å². The third-order valence-electron chi connectivity index (χ3n) is 8.22. The van der Waals surface area contributed by atoms with Crippen molar-refractivity contribution in [1.29, 1.82) is 0 Å². The summed E-state index contributed by atoms with van der Waals surface area (Å²) in [5.41, 5.74) is 2.71. The number of aliphatic hydroxyl groups is 3. The number of rotatable bonds is 5. The molecule has 4 atom stereocenters. The van der Waals surface area contributed by atoms with Gasteiger partial charge in [-0.3, -0.25) is 29.3 Å². The Labute approximate surface area is 233 Å². The number of ketones is 2. The van der Waals surface area contributed by atoms with Gasteiger partial charge < -0.3 is 31.5 Å². The second kappa shape index (κ2) is 9.71. The van der Waals surface area contributed by atoms with E-state index in [4.69, 9.17) is 5.73 Å². The molecule has 13 nitrogen and oxygen atoms in total. The first-order valence-electron chi connectivity index (χ1n) is 12.8. The SMILES string of the molecule is CN(C)[C@H]1C(=O)C(C(N)=O)=C(O)[C@@]2(O)C(=O)C3=C(O)c4c(O)ccc(CNC(=O)c5cc[n+](O)cc5)c4C[C@H]3C[C@@H]12. The zero-order valence-electron chi connectivity index (χ0n) is 22.2. The van der Waals surface area contributed by atoms with Gasteiger partial charge in [-0.05, 0) is 50.0 Å². The number of fused-ring (bicyclic) bond motifs is 3. The van der Waals surface area contributed by atoms with Crippen LogP contribution in [-0.2, 0) is 27.3 Å². The van der Waals surface area contributed by atoms with Crippen LogP contribution in [-0.4, -0.2) is 79.7 Å². The lowest BCUT2D eigenvalue weighted by molar-refractivity contribution is -0.904. The fraction of sp³-hybridized carbons (Fsp3) is 0.321. The largest absolute Gasteiger partial charge is 0.508 e. The number of amides is 2. The molecule has 3 aliphatic carbocycles. The van der Waals surface area contributed by atoms with Gasteiger partial charge in [-0.15, -0.1) is 0 Å². The molecule has 1 fully saturated rings. The smallest absolute Gasteiger partial charge is 0.255 e. The molecule has 8 N–H and O–H groups in total. The van der Waals surface area contributed by atoms with Crippen molar-refractivity contribution in [3.63, 3.8) is 0 Å². The Morgan fingerprint density at radius 3 is 2.39 bits per heavy atom. The summed E-state index contributed by atoms with van der Waals surface area (Å²) >= 11 is 0. The van der Waals surface area contributed by atoms with E-state index >= 15 is 0 Å². The number of aromatic hydroxyl groups is 1. The van der Waals surface area contributed by atoms with Crippen molar-refractivity contribution in [2.75, 3.05) is 14.1 Å². The van der Waals surface area contributed by atoms with Gasteiger partial charge in [0.25, 0.3) is 11.8 Å². The van der Waals surface area contributed by atoms with Gasteiger partial charge in [-0.1, -0.05) is 6.07 Å². The number of nitrogens with one attached hydrogen (secondary N) is 1. The molecule has 1 saturated carbocycles. The van der Waals surface area contributed by atoms with E-state index in [0.29, 0.717) is 11.1 Å². The van der Waals surface area contributed by atoms with Crippen molar-refractivity contribution in [3.05, 3.63) is 75.8 Å². The first-order chi connectivity index (χ1) is 19.3. The quantitative estimate of drug-likeness (QED) is 0.139. The second-order valence-electron chi connectivity index (χ2n) is 10.7. The second-order valence-corrected chi connectivity index (χ2v) is 10.7. The summed E-state index contributed by atoms with van der Waals surface area (Å²) in [5.74, 6) is -7.70. The van der Waals surface area contributed by atoms with Gasteiger partial charge in [-0.2, -0.15) is 0 Å². The molecular weight excluding hydrogens is 536 g/mol. The molecule has 0 aliphatic heterocycles. The monoisotopic (exact) mass is 565 g/mol. The lowest BCUT2D eigenvalue weighted by Gasteiger charge is -2.50. The lowest BCUT2D eigenvalue weighted by Crippen LogP contribution is -2.65. The summed E-state index contributed by atoms with van der Waals surface area (Å²) in [5, 5.41) is 56.7. The molecule has 0 radical (unpaired) electrons. The summed E-state index contributed by atoms with van der Waals surface area (Å²) in [6, 6.07) is 4.51. The van der Waals surface area contributed by atoms with E-state index < -0.39 is 64.0 Å². The van der Waals surface area contributed by atoms with Gasteiger partial charge in [0.15, 0.2) is 11.4 Å². The van der Waals surface area contributed by atoms with Gasteiger partial charge in [0, 0.05) is 34.9 Å². The third-order valence-corrected chi connectivity index (χ3v) is 8.22. The molecule has 0 bridgehead atoms. The predicted octanol–water partition coefficient (Wildman–Crippen LogP) is -0.581. The average molecular weight is 566 g/mol. The summed E-state index contributed by atoms with van der Waals surface area (Å²) in [6.45, 7) is -0.00355. The molecular formula is C28H29N4O9+.